The quantitative estimate of drug-likeness (QED) is 0.282. The second kappa shape index (κ2) is 6.21. The fraction of sp³-hybridized carbons (Fsp3) is 0.412. The van der Waals surface area contributed by atoms with E-state index in [-0.39, 0.29) is 11.3 Å². The van der Waals surface area contributed by atoms with Crippen LogP contribution in [0, 0.1) is 12.0 Å². The molecule has 120 valence electrons. The summed E-state index contributed by atoms with van der Waals surface area (Å²) >= 11 is 0. The van der Waals surface area contributed by atoms with Crippen LogP contribution < -0.4 is 0 Å². The van der Waals surface area contributed by atoms with E-state index in [2.05, 4.69) is 15.2 Å². The molecule has 0 radical (unpaired) electrons. The molecule has 23 heavy (non-hydrogen) atoms. The predicted molar refractivity (Wildman–Crippen MR) is 86.7 cm³/mol. The van der Waals surface area contributed by atoms with Gasteiger partial charge in [-0.15, -0.1) is 0 Å². The number of rotatable bonds is 3. The zero-order chi connectivity index (χ0) is 17.1. The summed E-state index contributed by atoms with van der Waals surface area (Å²) in [5.74, 6) is -0.657. The van der Waals surface area contributed by atoms with Gasteiger partial charge < -0.3 is 9.68 Å². The lowest BCUT2D eigenvalue weighted by Gasteiger charge is -2.19. The third-order valence-corrected chi connectivity index (χ3v) is 3.51. The molecule has 0 amide bonds. The van der Waals surface area contributed by atoms with Crippen LogP contribution >= 0.6 is 0 Å². The summed E-state index contributed by atoms with van der Waals surface area (Å²) in [4.78, 5) is 25.8. The first-order chi connectivity index (χ1) is 10.8. The van der Waals surface area contributed by atoms with Gasteiger partial charge in [0.25, 0.3) is 0 Å². The van der Waals surface area contributed by atoms with Crippen LogP contribution in [0.5, 0.6) is 0 Å². The number of amidine groups is 1. The number of benzene rings is 1. The van der Waals surface area contributed by atoms with Crippen LogP contribution in [0.25, 0.3) is 4.85 Å². The van der Waals surface area contributed by atoms with Gasteiger partial charge in [-0.1, -0.05) is 62.8 Å². The van der Waals surface area contributed by atoms with E-state index in [4.69, 9.17) is 16.2 Å². The lowest BCUT2D eigenvalue weighted by molar-refractivity contribution is -0.167. The number of oxime groups is 2. The lowest BCUT2D eigenvalue weighted by atomic mass is 9.84. The Labute approximate surface area is 135 Å². The van der Waals surface area contributed by atoms with Crippen LogP contribution in [0.4, 0.5) is 0 Å². The normalized spacial score (nSPS) is 21.2. The van der Waals surface area contributed by atoms with Gasteiger partial charge in [0, 0.05) is 17.4 Å². The number of carbonyl (C=O) groups is 1. The number of hydrogen-bond donors (Lipinski definition) is 0. The van der Waals surface area contributed by atoms with Gasteiger partial charge in [-0.3, -0.25) is 0 Å². The molecule has 2 rings (SSSR count). The monoisotopic (exact) mass is 313 g/mol. The molecule has 0 spiro atoms. The molecule has 0 saturated carbocycles. The summed E-state index contributed by atoms with van der Waals surface area (Å²) in [6.07, 6.45) is 0.337. The largest absolute Gasteiger partial charge is 0.406 e. The zero-order valence-electron chi connectivity index (χ0n) is 13.7. The van der Waals surface area contributed by atoms with Crippen LogP contribution in [-0.4, -0.2) is 23.1 Å². The highest BCUT2D eigenvalue weighted by Gasteiger charge is 2.47. The van der Waals surface area contributed by atoms with E-state index in [0.717, 1.165) is 5.71 Å². The van der Waals surface area contributed by atoms with Crippen molar-refractivity contribution in [2.75, 3.05) is 0 Å². The van der Waals surface area contributed by atoms with Gasteiger partial charge in [-0.25, -0.2) is 9.63 Å². The van der Waals surface area contributed by atoms with Gasteiger partial charge in [0.05, 0.1) is 10.9 Å². The fourth-order valence-electron chi connectivity index (χ4n) is 1.96. The van der Waals surface area contributed by atoms with E-state index in [1.54, 1.807) is 31.2 Å². The molecule has 1 heterocycles. The van der Waals surface area contributed by atoms with Crippen molar-refractivity contribution in [2.24, 2.45) is 15.7 Å². The molecule has 0 N–H and O–H groups in total. The van der Waals surface area contributed by atoms with Gasteiger partial charge in [0.1, 0.15) is 0 Å². The van der Waals surface area contributed by atoms with Crippen molar-refractivity contribution in [2.45, 2.75) is 39.7 Å². The summed E-state index contributed by atoms with van der Waals surface area (Å²) in [5.41, 5.74) is -0.0306. The van der Waals surface area contributed by atoms with Crippen LogP contribution in [0.3, 0.4) is 0 Å². The minimum atomic E-state index is -1.21. The van der Waals surface area contributed by atoms with Crippen LogP contribution in [0.1, 0.15) is 39.7 Å². The van der Waals surface area contributed by atoms with Crippen LogP contribution in [0.15, 0.2) is 40.6 Å². The second-order valence-corrected chi connectivity index (χ2v) is 6.56. The number of hydrogen-bond acceptors (Lipinski definition) is 5. The van der Waals surface area contributed by atoms with Gasteiger partial charge in [-0.2, -0.15) is 0 Å². The van der Waals surface area contributed by atoms with Gasteiger partial charge in [0.15, 0.2) is 0 Å². The first-order valence-corrected chi connectivity index (χ1v) is 7.24. The molecule has 1 aliphatic rings. The van der Waals surface area contributed by atoms with E-state index in [0.29, 0.717) is 12.0 Å². The zero-order valence-corrected chi connectivity index (χ0v) is 13.7. The molecule has 1 unspecified atom stereocenters. The highest BCUT2D eigenvalue weighted by Crippen LogP contribution is 2.32. The standard InChI is InChI=1S/C17H19N3O3/c1-16(2,3)13-11-17(4,23-19-13)15(21)22-20-14(18-5)12-9-7-6-8-10-12/h6-10H,11H2,1-4H3/b20-14-. The molecule has 0 bridgehead atoms. The molecular weight excluding hydrogens is 294 g/mol. The first-order valence-electron chi connectivity index (χ1n) is 7.24. The molecule has 6 nitrogen and oxygen atoms in total. The predicted octanol–water partition coefficient (Wildman–Crippen LogP) is 3.39. The Morgan fingerprint density at radius 2 is 2.04 bits per heavy atom. The Hall–Kier alpha value is -2.68. The second-order valence-electron chi connectivity index (χ2n) is 6.56. The Bertz CT molecular complexity index is 696. The average molecular weight is 313 g/mol. The van der Waals surface area contributed by atoms with Crippen LogP contribution in [0.2, 0.25) is 0 Å². The molecule has 1 aromatic rings. The van der Waals surface area contributed by atoms with Crippen molar-refractivity contribution in [3.8, 4) is 0 Å². The van der Waals surface area contributed by atoms with Crippen molar-refractivity contribution in [1.29, 1.82) is 0 Å². The number of carbonyl (C=O) groups excluding carboxylic acids is 1. The summed E-state index contributed by atoms with van der Waals surface area (Å²) in [6.45, 7) is 14.8. The maximum Gasteiger partial charge on any atom is 0.406 e. The Morgan fingerprint density at radius 1 is 1.39 bits per heavy atom. The van der Waals surface area contributed by atoms with Gasteiger partial charge >= 0.3 is 11.8 Å². The maximum absolute atomic E-state index is 12.3. The average Bonchev–Trinajstić information content (AvgIpc) is 2.93. The highest BCUT2D eigenvalue weighted by atomic mass is 16.7. The third kappa shape index (κ3) is 3.75. The molecule has 0 fully saturated rings. The highest BCUT2D eigenvalue weighted by molar-refractivity contribution is 6.06. The molecule has 1 aromatic carbocycles. The van der Waals surface area contributed by atoms with E-state index in [9.17, 15) is 4.79 Å². The van der Waals surface area contributed by atoms with Crippen molar-refractivity contribution in [3.05, 3.63) is 47.3 Å². The molecule has 6 heteroatoms. The van der Waals surface area contributed by atoms with Crippen molar-refractivity contribution < 1.29 is 14.5 Å². The minimum absolute atomic E-state index is 0.0116. The molecular formula is C17H19N3O3. The van der Waals surface area contributed by atoms with Crippen LogP contribution in [-0.2, 0) is 14.5 Å². The molecule has 0 saturated heterocycles. The van der Waals surface area contributed by atoms with E-state index in [1.807, 2.05) is 26.8 Å². The van der Waals surface area contributed by atoms with E-state index < -0.39 is 11.6 Å². The smallest absolute Gasteiger partial charge is 0.377 e. The van der Waals surface area contributed by atoms with Gasteiger partial charge in [0.2, 0.25) is 5.60 Å². The maximum atomic E-state index is 12.3. The number of nitrogens with zero attached hydrogens (tertiary/aromatic N) is 3. The summed E-state index contributed by atoms with van der Waals surface area (Å²) in [7, 11) is 0. The Morgan fingerprint density at radius 3 is 2.57 bits per heavy atom. The molecule has 0 aliphatic carbocycles. The van der Waals surface area contributed by atoms with E-state index >= 15 is 0 Å². The van der Waals surface area contributed by atoms with Gasteiger partial charge in [-0.05, 0) is 6.92 Å². The minimum Gasteiger partial charge on any atom is -0.377 e. The Balaban J connectivity index is 2.08. The summed E-state index contributed by atoms with van der Waals surface area (Å²) < 4.78 is 0. The summed E-state index contributed by atoms with van der Waals surface area (Å²) in [5, 5.41) is 7.66. The SMILES string of the molecule is [C-]#[N+]/C(=N\OC(=O)C1(C)CC(C(C)(C)C)=NO1)c1ccccc1. The first kappa shape index (κ1) is 16.7. The van der Waals surface area contributed by atoms with E-state index in [1.165, 1.54) is 0 Å². The third-order valence-electron chi connectivity index (χ3n) is 3.51. The van der Waals surface area contributed by atoms with Crippen molar-refractivity contribution in [3.63, 3.8) is 0 Å². The summed E-state index contributed by atoms with van der Waals surface area (Å²) in [6, 6.07) is 8.83. The van der Waals surface area contributed by atoms with Crippen molar-refractivity contribution >= 4 is 17.5 Å². The molecule has 0 aromatic heterocycles. The molecule has 1 aliphatic heterocycles. The lowest BCUT2D eigenvalue weighted by Crippen LogP contribution is -2.37. The Kier molecular flexibility index (Phi) is 4.50. The van der Waals surface area contributed by atoms with Crippen molar-refractivity contribution in [1.82, 2.24) is 0 Å². The fourth-order valence-corrected chi connectivity index (χ4v) is 1.96. The molecule has 1 atom stereocenters. The topological polar surface area (TPSA) is 64.6 Å².